The first kappa shape index (κ1) is 24.0. The zero-order valence-electron chi connectivity index (χ0n) is 21.9. The molecule has 0 radical (unpaired) electrons. The molecule has 6 aliphatic rings. The van der Waals surface area contributed by atoms with Gasteiger partial charge in [0.1, 0.15) is 29.3 Å². The molecule has 1 saturated heterocycles. The van der Waals surface area contributed by atoms with E-state index in [0.717, 1.165) is 24.2 Å². The lowest BCUT2D eigenvalue weighted by atomic mass is 9.55. The van der Waals surface area contributed by atoms with Gasteiger partial charge in [0.15, 0.2) is 0 Å². The number of allylic oxidation sites excluding steroid dienone is 3. The van der Waals surface area contributed by atoms with Gasteiger partial charge in [0.05, 0.1) is 0 Å². The van der Waals surface area contributed by atoms with E-state index in [0.29, 0.717) is 17.8 Å². The number of amides is 1. The van der Waals surface area contributed by atoms with E-state index in [1.54, 1.807) is 0 Å². The molecule has 2 N–H and O–H groups in total. The summed E-state index contributed by atoms with van der Waals surface area (Å²) < 4.78 is 6.93. The van der Waals surface area contributed by atoms with Crippen molar-refractivity contribution in [2.24, 2.45) is 52.8 Å². The molecule has 192 valence electrons. The van der Waals surface area contributed by atoms with Crippen molar-refractivity contribution >= 4 is 11.7 Å². The molecule has 1 unspecified atom stereocenters. The van der Waals surface area contributed by atoms with Crippen LogP contribution >= 0.6 is 0 Å². The van der Waals surface area contributed by atoms with Crippen LogP contribution in [0.5, 0.6) is 5.75 Å². The maximum Gasteiger partial charge on any atom is 0.232 e. The van der Waals surface area contributed by atoms with Crippen molar-refractivity contribution in [3.05, 3.63) is 54.1 Å². The van der Waals surface area contributed by atoms with Gasteiger partial charge in [0.25, 0.3) is 0 Å². The Morgan fingerprint density at radius 2 is 1.89 bits per heavy atom. The zero-order chi connectivity index (χ0) is 25.6. The standard InChI is InChI=1S/C31H39NO4/c1-6-20-12-18(4)25-24-23(20)27(33)22-15-31(35,32-29(22)34)14-19-7-9-21(10-8-19)36-28(24)26-17(3)11-16(2)13-30(25,26)5/h6-10,12,16-17,20,22-26,28,35H,1,11,13-15H2,2-5H3,(H,32,34)/t16-,17+,20-,22?,23+,24-,25+,26+,28+,30+,31-/m1/s1. The summed E-state index contributed by atoms with van der Waals surface area (Å²) in [6, 6.07) is 7.92. The summed E-state index contributed by atoms with van der Waals surface area (Å²) in [7, 11) is 0. The van der Waals surface area contributed by atoms with Crippen LogP contribution in [0.15, 0.2) is 48.6 Å². The molecule has 1 aromatic rings. The van der Waals surface area contributed by atoms with Crippen molar-refractivity contribution in [3.63, 3.8) is 0 Å². The second-order valence-corrected chi connectivity index (χ2v) is 12.9. The lowest BCUT2D eigenvalue weighted by Gasteiger charge is -2.48. The summed E-state index contributed by atoms with van der Waals surface area (Å²) in [6.45, 7) is 13.5. The van der Waals surface area contributed by atoms with Crippen molar-refractivity contribution in [1.29, 1.82) is 0 Å². The predicted molar refractivity (Wildman–Crippen MR) is 138 cm³/mol. The molecule has 3 aliphatic carbocycles. The Hall–Kier alpha value is -2.40. The van der Waals surface area contributed by atoms with Gasteiger partial charge in [-0.1, -0.05) is 50.6 Å². The molecule has 5 heteroatoms. The molecule has 7 rings (SSSR count). The fourth-order valence-electron chi connectivity index (χ4n) is 9.61. The largest absolute Gasteiger partial charge is 0.490 e. The number of aliphatic hydroxyl groups is 1. The number of Topliss-reactive ketones (excluding diaryl/α,β-unsaturated/α-hetero) is 1. The molecule has 2 saturated carbocycles. The summed E-state index contributed by atoms with van der Waals surface area (Å²) in [5.74, 6) is 0.520. The first-order valence-corrected chi connectivity index (χ1v) is 13.7. The number of hydrogen-bond donors (Lipinski definition) is 2. The SMILES string of the molecule is C=C[C@@H]1C=C(C)[C@H]2[C@@H]3[C@H](Oc4ccc(cc4)C[C@@]4(O)CC(C(=O)N4)C(=O)[C@@H]13)[C@@H]1[C@@H](C)C[C@@H](C)C[C@]12C. The topological polar surface area (TPSA) is 75.6 Å². The highest BCUT2D eigenvalue weighted by molar-refractivity contribution is 6.04. The van der Waals surface area contributed by atoms with E-state index in [2.05, 4.69) is 45.7 Å². The van der Waals surface area contributed by atoms with Gasteiger partial charge in [-0.25, -0.2) is 0 Å². The Kier molecular flexibility index (Phi) is 5.36. The molecular formula is C31H39NO4. The van der Waals surface area contributed by atoms with Crippen molar-refractivity contribution in [2.75, 3.05) is 0 Å². The first-order chi connectivity index (χ1) is 17.0. The molecule has 11 atom stereocenters. The second kappa shape index (κ2) is 8.05. The number of nitrogens with one attached hydrogen (secondary N) is 1. The number of ketones is 1. The van der Waals surface area contributed by atoms with Crippen LogP contribution in [0.4, 0.5) is 0 Å². The maximum absolute atomic E-state index is 14.4. The van der Waals surface area contributed by atoms with Crippen LogP contribution in [0.1, 0.15) is 52.5 Å². The molecule has 3 fully saturated rings. The van der Waals surface area contributed by atoms with E-state index in [4.69, 9.17) is 4.74 Å². The minimum Gasteiger partial charge on any atom is -0.490 e. The van der Waals surface area contributed by atoms with Crippen LogP contribution in [0.3, 0.4) is 0 Å². The average molecular weight is 490 g/mol. The van der Waals surface area contributed by atoms with Gasteiger partial charge in [-0.05, 0) is 60.6 Å². The highest BCUT2D eigenvalue weighted by Gasteiger charge is 2.67. The second-order valence-electron chi connectivity index (χ2n) is 12.9. The van der Waals surface area contributed by atoms with Gasteiger partial charge < -0.3 is 15.2 Å². The van der Waals surface area contributed by atoms with Crippen molar-refractivity contribution in [2.45, 2.75) is 65.2 Å². The normalized spacial score (nSPS) is 47.4. The van der Waals surface area contributed by atoms with Gasteiger partial charge in [-0.15, -0.1) is 6.58 Å². The molecule has 1 amide bonds. The van der Waals surface area contributed by atoms with Gasteiger partial charge in [0, 0.05) is 36.5 Å². The third-order valence-corrected chi connectivity index (χ3v) is 10.4. The van der Waals surface area contributed by atoms with Crippen molar-refractivity contribution in [1.82, 2.24) is 5.32 Å². The Bertz CT molecular complexity index is 1140. The third-order valence-electron chi connectivity index (χ3n) is 10.4. The quantitative estimate of drug-likeness (QED) is 0.443. The molecule has 0 spiro atoms. The number of carbonyl (C=O) groups is 2. The summed E-state index contributed by atoms with van der Waals surface area (Å²) in [5.41, 5.74) is 0.815. The predicted octanol–water partition coefficient (Wildman–Crippen LogP) is 4.70. The number of fused-ring (bicyclic) bond motifs is 4. The molecule has 0 aromatic heterocycles. The van der Waals surface area contributed by atoms with E-state index in [-0.39, 0.29) is 53.8 Å². The summed E-state index contributed by atoms with van der Waals surface area (Å²) in [6.07, 6.45) is 6.62. The van der Waals surface area contributed by atoms with E-state index < -0.39 is 17.6 Å². The summed E-state index contributed by atoms with van der Waals surface area (Å²) >= 11 is 0. The monoisotopic (exact) mass is 489 g/mol. The Morgan fingerprint density at radius 1 is 1.17 bits per heavy atom. The van der Waals surface area contributed by atoms with Crippen LogP contribution in [0, 0.1) is 52.8 Å². The van der Waals surface area contributed by atoms with Crippen LogP contribution in [-0.4, -0.2) is 28.6 Å². The van der Waals surface area contributed by atoms with Crippen LogP contribution < -0.4 is 10.1 Å². The smallest absolute Gasteiger partial charge is 0.232 e. The van der Waals surface area contributed by atoms with Gasteiger partial charge in [-0.3, -0.25) is 9.59 Å². The van der Waals surface area contributed by atoms with E-state index in [9.17, 15) is 14.7 Å². The number of benzene rings is 1. The highest BCUT2D eigenvalue weighted by Crippen LogP contribution is 2.67. The molecule has 5 nitrogen and oxygen atoms in total. The number of hydrogen-bond acceptors (Lipinski definition) is 4. The molecule has 1 aromatic carbocycles. The first-order valence-electron chi connectivity index (χ1n) is 13.7. The lowest BCUT2D eigenvalue weighted by Crippen LogP contribution is -2.46. The molecule has 36 heavy (non-hydrogen) atoms. The minimum absolute atomic E-state index is 0.00729. The highest BCUT2D eigenvalue weighted by atomic mass is 16.5. The average Bonchev–Trinajstić information content (AvgIpc) is 3.24. The summed E-state index contributed by atoms with van der Waals surface area (Å²) in [5, 5.41) is 14.1. The van der Waals surface area contributed by atoms with Crippen molar-refractivity contribution in [3.8, 4) is 5.75 Å². The van der Waals surface area contributed by atoms with Crippen molar-refractivity contribution < 1.29 is 19.4 Å². The Morgan fingerprint density at radius 3 is 2.58 bits per heavy atom. The minimum atomic E-state index is -1.42. The van der Waals surface area contributed by atoms with Gasteiger partial charge in [-0.2, -0.15) is 0 Å². The van der Waals surface area contributed by atoms with Crippen LogP contribution in [0.25, 0.3) is 0 Å². The maximum atomic E-state index is 14.4. The van der Waals surface area contributed by atoms with E-state index >= 15 is 0 Å². The molecule has 3 aliphatic heterocycles. The van der Waals surface area contributed by atoms with Crippen LogP contribution in [0.2, 0.25) is 0 Å². The van der Waals surface area contributed by atoms with E-state index in [1.165, 1.54) is 5.57 Å². The lowest BCUT2D eigenvalue weighted by molar-refractivity contribution is -0.137. The molecule has 4 bridgehead atoms. The number of rotatable bonds is 1. The van der Waals surface area contributed by atoms with E-state index in [1.807, 2.05) is 30.3 Å². The fourth-order valence-corrected chi connectivity index (χ4v) is 9.61. The fraction of sp³-hybridized carbons (Fsp3) is 0.613. The molecular weight excluding hydrogens is 450 g/mol. The van der Waals surface area contributed by atoms with Gasteiger partial charge in [0.2, 0.25) is 5.91 Å². The Labute approximate surface area is 214 Å². The Balaban J connectivity index is 1.56. The number of carbonyl (C=O) groups excluding carboxylic acids is 2. The summed E-state index contributed by atoms with van der Waals surface area (Å²) in [4.78, 5) is 27.5. The third kappa shape index (κ3) is 3.38. The van der Waals surface area contributed by atoms with Crippen LogP contribution in [-0.2, 0) is 16.0 Å². The number of ether oxygens (including phenoxy) is 1. The zero-order valence-corrected chi connectivity index (χ0v) is 21.9. The van der Waals surface area contributed by atoms with Gasteiger partial charge >= 0.3 is 0 Å². The molecule has 3 heterocycles.